The van der Waals surface area contributed by atoms with E-state index in [0.717, 1.165) is 0 Å². The van der Waals surface area contributed by atoms with Crippen LogP contribution < -0.4 is 11.0 Å². The van der Waals surface area contributed by atoms with Crippen LogP contribution in [-0.2, 0) is 4.79 Å². The monoisotopic (exact) mass is 180 g/mol. The van der Waals surface area contributed by atoms with Crippen molar-refractivity contribution in [3.63, 3.8) is 0 Å². The third-order valence-electron chi connectivity index (χ3n) is 1.46. The standard InChI is InChI=1S/C8H10N3O2/c1-6(5-12)4-10-7-2-3-9-8(13)11-7/h2-3,6H,4H2,1H3,(H2,9,10,11,13). The first kappa shape index (κ1) is 9.44. The van der Waals surface area contributed by atoms with Crippen molar-refractivity contribution in [1.82, 2.24) is 9.97 Å². The second-order valence-corrected chi connectivity index (χ2v) is 2.68. The lowest BCUT2D eigenvalue weighted by Gasteiger charge is -2.04. The van der Waals surface area contributed by atoms with Gasteiger partial charge in [-0.3, -0.25) is 4.79 Å². The average molecular weight is 180 g/mol. The quantitative estimate of drug-likeness (QED) is 0.680. The van der Waals surface area contributed by atoms with Gasteiger partial charge in [0.05, 0.1) is 0 Å². The molecule has 0 saturated carbocycles. The Kier molecular flexibility index (Phi) is 3.19. The summed E-state index contributed by atoms with van der Waals surface area (Å²) >= 11 is 0. The van der Waals surface area contributed by atoms with Crippen LogP contribution in [0.4, 0.5) is 5.82 Å². The minimum atomic E-state index is -0.410. The summed E-state index contributed by atoms with van der Waals surface area (Å²) in [7, 11) is 0. The first-order valence-corrected chi connectivity index (χ1v) is 3.89. The number of H-pyrrole nitrogens is 1. The Hall–Kier alpha value is -1.65. The van der Waals surface area contributed by atoms with Gasteiger partial charge in [0.2, 0.25) is 6.29 Å². The molecule has 0 spiro atoms. The van der Waals surface area contributed by atoms with Crippen LogP contribution in [0, 0.1) is 5.92 Å². The molecule has 69 valence electrons. The molecule has 0 aliphatic carbocycles. The van der Waals surface area contributed by atoms with Crippen LogP contribution in [-0.4, -0.2) is 22.8 Å². The van der Waals surface area contributed by atoms with E-state index in [1.165, 1.54) is 6.20 Å². The fraction of sp³-hybridized carbons (Fsp3) is 0.375. The Morgan fingerprint density at radius 2 is 2.54 bits per heavy atom. The van der Waals surface area contributed by atoms with Crippen molar-refractivity contribution in [2.45, 2.75) is 6.92 Å². The highest BCUT2D eigenvalue weighted by molar-refractivity contribution is 5.55. The smallest absolute Gasteiger partial charge is 0.346 e. The van der Waals surface area contributed by atoms with Gasteiger partial charge in [0.1, 0.15) is 5.82 Å². The predicted octanol–water partition coefficient (Wildman–Crippen LogP) is -0.0724. The molecule has 0 aliphatic heterocycles. The maximum Gasteiger partial charge on any atom is 0.346 e. The van der Waals surface area contributed by atoms with E-state index >= 15 is 0 Å². The molecule has 5 heteroatoms. The predicted molar refractivity (Wildman–Crippen MR) is 48.2 cm³/mol. The van der Waals surface area contributed by atoms with Crippen LogP contribution in [0.5, 0.6) is 0 Å². The van der Waals surface area contributed by atoms with Gasteiger partial charge in [0, 0.05) is 18.7 Å². The Morgan fingerprint density at radius 3 is 3.15 bits per heavy atom. The summed E-state index contributed by atoms with van der Waals surface area (Å²) in [6.45, 7) is 2.16. The zero-order chi connectivity index (χ0) is 9.68. The number of nitrogens with zero attached hydrogens (tertiary/aromatic N) is 1. The van der Waals surface area contributed by atoms with Crippen LogP contribution >= 0.6 is 0 Å². The van der Waals surface area contributed by atoms with Crippen molar-refractivity contribution in [1.29, 1.82) is 0 Å². The molecular formula is C8H10N3O2. The molecule has 1 aromatic heterocycles. The van der Waals surface area contributed by atoms with Crippen molar-refractivity contribution < 1.29 is 4.79 Å². The Balaban J connectivity index is 2.54. The number of anilines is 1. The van der Waals surface area contributed by atoms with E-state index in [1.807, 2.05) is 6.29 Å². The third-order valence-corrected chi connectivity index (χ3v) is 1.46. The number of rotatable bonds is 4. The van der Waals surface area contributed by atoms with Gasteiger partial charge in [0.15, 0.2) is 0 Å². The molecule has 1 aromatic rings. The van der Waals surface area contributed by atoms with Crippen molar-refractivity contribution in [3.8, 4) is 0 Å². The maximum absolute atomic E-state index is 10.7. The Morgan fingerprint density at radius 1 is 1.77 bits per heavy atom. The summed E-state index contributed by atoms with van der Waals surface area (Å²) in [6, 6.07) is 1.62. The van der Waals surface area contributed by atoms with Crippen LogP contribution in [0.2, 0.25) is 0 Å². The number of aromatic nitrogens is 2. The summed E-state index contributed by atoms with van der Waals surface area (Å²) < 4.78 is 0. The molecule has 0 saturated heterocycles. The van der Waals surface area contributed by atoms with E-state index in [9.17, 15) is 9.59 Å². The summed E-state index contributed by atoms with van der Waals surface area (Å²) in [5.41, 5.74) is -0.410. The van der Waals surface area contributed by atoms with E-state index in [0.29, 0.717) is 12.4 Å². The number of nitrogens with one attached hydrogen (secondary N) is 2. The summed E-state index contributed by atoms with van der Waals surface area (Å²) in [6.07, 6.45) is 3.32. The lowest BCUT2D eigenvalue weighted by molar-refractivity contribution is 0.533. The second-order valence-electron chi connectivity index (χ2n) is 2.68. The molecule has 2 N–H and O–H groups in total. The van der Waals surface area contributed by atoms with Gasteiger partial charge in [-0.15, -0.1) is 0 Å². The molecule has 1 atom stereocenters. The zero-order valence-electron chi connectivity index (χ0n) is 7.20. The topological polar surface area (TPSA) is 74.8 Å². The highest BCUT2D eigenvalue weighted by Crippen LogP contribution is 1.97. The fourth-order valence-corrected chi connectivity index (χ4v) is 0.769. The van der Waals surface area contributed by atoms with Gasteiger partial charge in [-0.2, -0.15) is 4.98 Å². The van der Waals surface area contributed by atoms with Gasteiger partial charge in [0.25, 0.3) is 0 Å². The minimum absolute atomic E-state index is 0.207. The Bertz CT molecular complexity index is 334. The molecule has 1 heterocycles. The number of carbonyl (C=O) groups excluding carboxylic acids is 1. The average Bonchev–Trinajstić information content (AvgIpc) is 2.14. The van der Waals surface area contributed by atoms with Gasteiger partial charge in [-0.25, -0.2) is 4.79 Å². The third kappa shape index (κ3) is 3.06. The van der Waals surface area contributed by atoms with Gasteiger partial charge < -0.3 is 10.3 Å². The number of hydrogen-bond donors (Lipinski definition) is 2. The number of hydrogen-bond acceptors (Lipinski definition) is 4. The molecule has 0 fully saturated rings. The normalized spacial score (nSPS) is 12.1. The highest BCUT2D eigenvalue weighted by atomic mass is 16.1. The van der Waals surface area contributed by atoms with Crippen molar-refractivity contribution >= 4 is 12.1 Å². The lowest BCUT2D eigenvalue weighted by Crippen LogP contribution is -2.17. The fourth-order valence-electron chi connectivity index (χ4n) is 0.769. The minimum Gasteiger partial charge on any atom is -0.369 e. The second kappa shape index (κ2) is 4.39. The van der Waals surface area contributed by atoms with E-state index < -0.39 is 5.69 Å². The molecule has 5 nitrogen and oxygen atoms in total. The van der Waals surface area contributed by atoms with Gasteiger partial charge >= 0.3 is 5.69 Å². The molecule has 0 aromatic carbocycles. The van der Waals surface area contributed by atoms with E-state index in [4.69, 9.17) is 0 Å². The molecule has 0 aliphatic rings. The summed E-state index contributed by atoms with van der Waals surface area (Å²) in [5, 5.41) is 2.84. The molecular weight excluding hydrogens is 170 g/mol. The molecule has 0 bridgehead atoms. The largest absolute Gasteiger partial charge is 0.369 e. The van der Waals surface area contributed by atoms with Crippen LogP contribution in [0.1, 0.15) is 6.92 Å². The zero-order valence-corrected chi connectivity index (χ0v) is 7.20. The molecule has 1 unspecified atom stereocenters. The Labute approximate surface area is 75.2 Å². The first-order valence-electron chi connectivity index (χ1n) is 3.89. The van der Waals surface area contributed by atoms with Gasteiger partial charge in [-0.05, 0) is 6.07 Å². The molecule has 1 rings (SSSR count). The van der Waals surface area contributed by atoms with E-state index in [1.54, 1.807) is 13.0 Å². The molecule has 13 heavy (non-hydrogen) atoms. The van der Waals surface area contributed by atoms with Crippen molar-refractivity contribution in [2.75, 3.05) is 11.9 Å². The van der Waals surface area contributed by atoms with Crippen molar-refractivity contribution in [2.24, 2.45) is 5.92 Å². The molecule has 0 amide bonds. The lowest BCUT2D eigenvalue weighted by atomic mass is 10.2. The SMILES string of the molecule is CC([C]=O)CNc1cc[nH]c(=O)n1. The summed E-state index contributed by atoms with van der Waals surface area (Å²) in [4.78, 5) is 26.9. The van der Waals surface area contributed by atoms with Crippen LogP contribution in [0.3, 0.4) is 0 Å². The molecule has 1 radical (unpaired) electrons. The van der Waals surface area contributed by atoms with Crippen molar-refractivity contribution in [3.05, 3.63) is 22.7 Å². The van der Waals surface area contributed by atoms with Crippen LogP contribution in [0.15, 0.2) is 17.1 Å². The number of aromatic amines is 1. The highest BCUT2D eigenvalue weighted by Gasteiger charge is 2.00. The van der Waals surface area contributed by atoms with Crippen LogP contribution in [0.25, 0.3) is 0 Å². The van der Waals surface area contributed by atoms with E-state index in [2.05, 4.69) is 15.3 Å². The first-order chi connectivity index (χ1) is 6.22. The maximum atomic E-state index is 10.7. The summed E-state index contributed by atoms with van der Waals surface area (Å²) in [5.74, 6) is 0.256. The van der Waals surface area contributed by atoms with Gasteiger partial charge in [-0.1, -0.05) is 6.92 Å². The van der Waals surface area contributed by atoms with E-state index in [-0.39, 0.29) is 5.92 Å².